The summed E-state index contributed by atoms with van der Waals surface area (Å²) in [5.74, 6) is -0.849. The molecule has 5 rings (SSSR count). The molecule has 0 aromatic heterocycles. The molecule has 1 aliphatic rings. The highest BCUT2D eigenvalue weighted by Crippen LogP contribution is 2.41. The van der Waals surface area contributed by atoms with E-state index in [9.17, 15) is 14.4 Å². The minimum Gasteiger partial charge on any atom is -0.459 e. The molecule has 4 aromatic carbocycles. The Morgan fingerprint density at radius 1 is 0.850 bits per heavy atom. The van der Waals surface area contributed by atoms with Gasteiger partial charge < -0.3 is 14.8 Å². The number of nitrogens with zero attached hydrogens (tertiary/aromatic N) is 1. The second-order valence-electron chi connectivity index (χ2n) is 9.86. The maximum absolute atomic E-state index is 13.6. The van der Waals surface area contributed by atoms with Crippen LogP contribution in [0.1, 0.15) is 48.3 Å². The topological polar surface area (TPSA) is 84.9 Å². The van der Waals surface area contributed by atoms with Crippen LogP contribution >= 0.6 is 0 Å². The third-order valence-corrected chi connectivity index (χ3v) is 6.77. The van der Waals surface area contributed by atoms with Crippen molar-refractivity contribution < 1.29 is 23.9 Å². The average Bonchev–Trinajstić information content (AvgIpc) is 2.95. The fourth-order valence-electron chi connectivity index (χ4n) is 4.89. The van der Waals surface area contributed by atoms with E-state index in [2.05, 4.69) is 5.32 Å². The number of ether oxygens (including phenoxy) is 2. The van der Waals surface area contributed by atoms with E-state index in [-0.39, 0.29) is 30.0 Å². The number of amides is 2. The number of rotatable bonds is 7. The SMILES string of the molecule is CC1=C(C(=O)OC(C)C)C(c2c(OC(=O)c3ccccc3)ccc3ccccc23)NC(=O)N1Cc1ccccc1. The number of hydrogen-bond donors (Lipinski definition) is 1. The van der Waals surface area contributed by atoms with Gasteiger partial charge in [-0.1, -0.05) is 78.9 Å². The number of hydrogen-bond acceptors (Lipinski definition) is 5. The molecular weight excluding hydrogens is 504 g/mol. The van der Waals surface area contributed by atoms with Gasteiger partial charge in [0.05, 0.1) is 29.8 Å². The molecule has 1 atom stereocenters. The van der Waals surface area contributed by atoms with Crippen molar-refractivity contribution in [1.29, 1.82) is 0 Å². The van der Waals surface area contributed by atoms with Crippen LogP contribution in [0.15, 0.2) is 108 Å². The summed E-state index contributed by atoms with van der Waals surface area (Å²) in [5, 5.41) is 4.63. The van der Waals surface area contributed by atoms with Gasteiger partial charge in [-0.15, -0.1) is 0 Å². The lowest BCUT2D eigenvalue weighted by Gasteiger charge is -2.36. The standard InChI is InChI=1S/C33H30N2O5/c1-21(2)39-32(37)28-22(3)35(20-23-12-6-4-7-13-23)33(38)34-30(28)29-26-17-11-10-14-24(26)18-19-27(29)40-31(36)25-15-8-5-9-16-25/h4-19,21,30H,20H2,1-3H3,(H,34,38). The summed E-state index contributed by atoms with van der Waals surface area (Å²) < 4.78 is 11.6. The molecule has 0 fully saturated rings. The van der Waals surface area contributed by atoms with Gasteiger partial charge in [0.2, 0.25) is 0 Å². The Labute approximate surface area is 233 Å². The molecule has 1 N–H and O–H groups in total. The van der Waals surface area contributed by atoms with Crippen LogP contribution in [0.4, 0.5) is 4.79 Å². The van der Waals surface area contributed by atoms with Crippen molar-refractivity contribution in [2.75, 3.05) is 0 Å². The monoisotopic (exact) mass is 534 g/mol. The molecule has 0 bridgehead atoms. The van der Waals surface area contributed by atoms with Gasteiger partial charge >= 0.3 is 18.0 Å². The fraction of sp³-hybridized carbons (Fsp3) is 0.182. The van der Waals surface area contributed by atoms with Crippen LogP contribution in [0.25, 0.3) is 10.8 Å². The summed E-state index contributed by atoms with van der Waals surface area (Å²) in [4.78, 5) is 41.9. The highest BCUT2D eigenvalue weighted by atomic mass is 16.5. The molecule has 1 heterocycles. The number of benzene rings is 4. The van der Waals surface area contributed by atoms with Gasteiger partial charge in [-0.25, -0.2) is 14.4 Å². The maximum Gasteiger partial charge on any atom is 0.343 e. The normalized spacial score (nSPS) is 15.2. The molecule has 202 valence electrons. The van der Waals surface area contributed by atoms with Gasteiger partial charge in [0.15, 0.2) is 0 Å². The summed E-state index contributed by atoms with van der Waals surface area (Å²) >= 11 is 0. The second-order valence-corrected chi connectivity index (χ2v) is 9.86. The van der Waals surface area contributed by atoms with Crippen LogP contribution in [0, 0.1) is 0 Å². The molecule has 0 spiro atoms. The van der Waals surface area contributed by atoms with Crippen molar-refractivity contribution in [2.45, 2.75) is 39.5 Å². The second kappa shape index (κ2) is 11.5. The summed E-state index contributed by atoms with van der Waals surface area (Å²) in [5.41, 5.74) is 2.54. The lowest BCUT2D eigenvalue weighted by atomic mass is 9.90. The number of allylic oxidation sites excluding steroid dienone is 1. The zero-order valence-electron chi connectivity index (χ0n) is 22.6. The molecule has 0 aliphatic carbocycles. The molecule has 1 unspecified atom stereocenters. The molecule has 4 aromatic rings. The maximum atomic E-state index is 13.6. The van der Waals surface area contributed by atoms with E-state index in [0.717, 1.165) is 16.3 Å². The molecule has 2 amide bonds. The first-order valence-electron chi connectivity index (χ1n) is 13.2. The van der Waals surface area contributed by atoms with Crippen molar-refractivity contribution >= 4 is 28.7 Å². The summed E-state index contributed by atoms with van der Waals surface area (Å²) in [6, 6.07) is 28.0. The van der Waals surface area contributed by atoms with E-state index in [1.165, 1.54) is 4.90 Å². The molecule has 1 aliphatic heterocycles. The van der Waals surface area contributed by atoms with Crippen LogP contribution in [0.5, 0.6) is 5.75 Å². The van der Waals surface area contributed by atoms with E-state index in [0.29, 0.717) is 16.8 Å². The van der Waals surface area contributed by atoms with Crippen LogP contribution in [0.3, 0.4) is 0 Å². The first-order chi connectivity index (χ1) is 19.3. The third-order valence-electron chi connectivity index (χ3n) is 6.77. The van der Waals surface area contributed by atoms with E-state index >= 15 is 0 Å². The smallest absolute Gasteiger partial charge is 0.343 e. The van der Waals surface area contributed by atoms with Gasteiger partial charge in [-0.3, -0.25) is 4.90 Å². The molecule has 0 radical (unpaired) electrons. The Balaban J connectivity index is 1.66. The van der Waals surface area contributed by atoms with Gasteiger partial charge in [-0.05, 0) is 55.3 Å². The number of esters is 2. The highest BCUT2D eigenvalue weighted by molar-refractivity contribution is 5.99. The van der Waals surface area contributed by atoms with E-state index in [1.54, 1.807) is 51.1 Å². The van der Waals surface area contributed by atoms with Gasteiger partial charge in [0, 0.05) is 11.3 Å². The van der Waals surface area contributed by atoms with Crippen molar-refractivity contribution in [3.05, 3.63) is 125 Å². The summed E-state index contributed by atoms with van der Waals surface area (Å²) in [6.07, 6.45) is -0.378. The lowest BCUT2D eigenvalue weighted by molar-refractivity contribution is -0.143. The Morgan fingerprint density at radius 3 is 2.20 bits per heavy atom. The predicted octanol–water partition coefficient (Wildman–Crippen LogP) is 6.55. The van der Waals surface area contributed by atoms with E-state index < -0.39 is 18.0 Å². The van der Waals surface area contributed by atoms with Crippen molar-refractivity contribution in [3.63, 3.8) is 0 Å². The number of fused-ring (bicyclic) bond motifs is 1. The average molecular weight is 535 g/mol. The Morgan fingerprint density at radius 2 is 1.50 bits per heavy atom. The number of nitrogens with one attached hydrogen (secondary N) is 1. The van der Waals surface area contributed by atoms with Crippen molar-refractivity contribution in [2.24, 2.45) is 0 Å². The zero-order chi connectivity index (χ0) is 28.2. The van der Waals surface area contributed by atoms with E-state index in [1.807, 2.05) is 66.7 Å². The van der Waals surface area contributed by atoms with Crippen LogP contribution in [0.2, 0.25) is 0 Å². The van der Waals surface area contributed by atoms with Crippen molar-refractivity contribution in [3.8, 4) is 5.75 Å². The van der Waals surface area contributed by atoms with Gasteiger partial charge in [-0.2, -0.15) is 0 Å². The molecule has 7 nitrogen and oxygen atoms in total. The van der Waals surface area contributed by atoms with Crippen LogP contribution in [-0.4, -0.2) is 29.0 Å². The largest absolute Gasteiger partial charge is 0.459 e. The van der Waals surface area contributed by atoms with E-state index in [4.69, 9.17) is 9.47 Å². The third kappa shape index (κ3) is 5.45. The summed E-state index contributed by atoms with van der Waals surface area (Å²) in [6.45, 7) is 5.56. The van der Waals surface area contributed by atoms with Gasteiger partial charge in [0.1, 0.15) is 5.75 Å². The predicted molar refractivity (Wildman–Crippen MR) is 153 cm³/mol. The molecule has 40 heavy (non-hydrogen) atoms. The molecule has 0 saturated carbocycles. The Bertz CT molecular complexity index is 1600. The lowest BCUT2D eigenvalue weighted by Crippen LogP contribution is -2.48. The number of carbonyl (C=O) groups is 3. The fourth-order valence-corrected chi connectivity index (χ4v) is 4.89. The Hall–Kier alpha value is -4.91. The van der Waals surface area contributed by atoms with Gasteiger partial charge in [0.25, 0.3) is 0 Å². The molecule has 7 heteroatoms. The molecule has 0 saturated heterocycles. The number of urea groups is 1. The molecular formula is C33H30N2O5. The minimum atomic E-state index is -0.921. The van der Waals surface area contributed by atoms with Crippen LogP contribution in [-0.2, 0) is 16.1 Å². The first kappa shape index (κ1) is 26.7. The van der Waals surface area contributed by atoms with Crippen LogP contribution < -0.4 is 10.1 Å². The zero-order valence-corrected chi connectivity index (χ0v) is 22.6. The number of carbonyl (C=O) groups excluding carboxylic acids is 3. The minimum absolute atomic E-state index is 0.247. The quantitative estimate of drug-likeness (QED) is 0.215. The Kier molecular flexibility index (Phi) is 7.64. The first-order valence-corrected chi connectivity index (χ1v) is 13.2. The summed E-state index contributed by atoms with van der Waals surface area (Å²) in [7, 11) is 0. The van der Waals surface area contributed by atoms with Crippen molar-refractivity contribution in [1.82, 2.24) is 10.2 Å². The highest BCUT2D eigenvalue weighted by Gasteiger charge is 2.39.